The number of urea groups is 1. The zero-order valence-corrected chi connectivity index (χ0v) is 10.6. The zero-order valence-electron chi connectivity index (χ0n) is 10.6. The minimum absolute atomic E-state index is 0.0495. The van der Waals surface area contributed by atoms with Crippen LogP contribution in [0.5, 0.6) is 0 Å². The molecule has 5 N–H and O–H groups in total. The Morgan fingerprint density at radius 3 is 2.06 bits per heavy atom. The number of carbonyl (C=O) groups is 3. The predicted molar refractivity (Wildman–Crippen MR) is 62.9 cm³/mol. The number of aliphatic hydroxyl groups excluding tert-OH is 1. The molecule has 104 valence electrons. The number of hydrogen-bond donors (Lipinski definition) is 5. The third-order valence-electron chi connectivity index (χ3n) is 1.89. The van der Waals surface area contributed by atoms with Crippen molar-refractivity contribution < 1.29 is 24.6 Å². The van der Waals surface area contributed by atoms with Gasteiger partial charge in [0, 0.05) is 6.04 Å². The Balaban J connectivity index is 4.11. The molecule has 0 aromatic heterocycles. The van der Waals surface area contributed by atoms with Gasteiger partial charge in [-0.25, -0.2) is 9.59 Å². The van der Waals surface area contributed by atoms with Crippen LogP contribution in [-0.4, -0.2) is 52.9 Å². The lowest BCUT2D eigenvalue weighted by molar-refractivity contribution is -0.141. The van der Waals surface area contributed by atoms with Crippen molar-refractivity contribution in [1.29, 1.82) is 0 Å². The lowest BCUT2D eigenvalue weighted by Gasteiger charge is -2.17. The Hall–Kier alpha value is -1.83. The third kappa shape index (κ3) is 6.69. The monoisotopic (exact) mass is 261 g/mol. The van der Waals surface area contributed by atoms with Crippen LogP contribution >= 0.6 is 0 Å². The largest absolute Gasteiger partial charge is 0.480 e. The fourth-order valence-corrected chi connectivity index (χ4v) is 1.11. The maximum atomic E-state index is 11.3. The maximum Gasteiger partial charge on any atom is 0.328 e. The summed E-state index contributed by atoms with van der Waals surface area (Å²) in [6.07, 6.45) is -1.24. The number of carbonyl (C=O) groups excluding carboxylic acids is 2. The zero-order chi connectivity index (χ0) is 14.3. The molecule has 0 aliphatic carbocycles. The van der Waals surface area contributed by atoms with Crippen LogP contribution in [0.2, 0.25) is 0 Å². The van der Waals surface area contributed by atoms with Gasteiger partial charge in [0.2, 0.25) is 5.91 Å². The van der Waals surface area contributed by atoms with E-state index in [1.807, 2.05) is 5.32 Å². The Morgan fingerprint density at radius 2 is 1.67 bits per heavy atom. The fraction of sp³-hybridized carbons (Fsp3) is 0.700. The highest BCUT2D eigenvalue weighted by Crippen LogP contribution is 1.92. The molecule has 0 bridgehead atoms. The lowest BCUT2D eigenvalue weighted by atomic mass is 10.2. The fourth-order valence-electron chi connectivity index (χ4n) is 1.11. The van der Waals surface area contributed by atoms with Crippen LogP contribution in [0.15, 0.2) is 0 Å². The van der Waals surface area contributed by atoms with E-state index in [1.54, 1.807) is 13.8 Å². The molecule has 0 rings (SSSR count). The van der Waals surface area contributed by atoms with Crippen molar-refractivity contribution in [1.82, 2.24) is 16.0 Å². The van der Waals surface area contributed by atoms with Crippen molar-refractivity contribution in [2.24, 2.45) is 0 Å². The number of amides is 3. The molecule has 8 nitrogen and oxygen atoms in total. The molecule has 18 heavy (non-hydrogen) atoms. The Morgan fingerprint density at radius 1 is 1.11 bits per heavy atom. The van der Waals surface area contributed by atoms with Crippen LogP contribution in [0.3, 0.4) is 0 Å². The van der Waals surface area contributed by atoms with Gasteiger partial charge in [0.05, 0.1) is 12.6 Å². The van der Waals surface area contributed by atoms with Gasteiger partial charge in [-0.15, -0.1) is 0 Å². The maximum absolute atomic E-state index is 11.3. The smallest absolute Gasteiger partial charge is 0.328 e. The van der Waals surface area contributed by atoms with Gasteiger partial charge in [0.15, 0.2) is 6.04 Å². The van der Waals surface area contributed by atoms with Crippen LogP contribution in [0, 0.1) is 0 Å². The van der Waals surface area contributed by atoms with Gasteiger partial charge in [0.25, 0.3) is 0 Å². The van der Waals surface area contributed by atoms with E-state index in [4.69, 9.17) is 10.2 Å². The minimum Gasteiger partial charge on any atom is -0.480 e. The first-order chi connectivity index (χ1) is 8.23. The second kappa shape index (κ2) is 7.49. The van der Waals surface area contributed by atoms with Crippen molar-refractivity contribution in [3.05, 3.63) is 0 Å². The summed E-state index contributed by atoms with van der Waals surface area (Å²) < 4.78 is 0. The number of carboxylic acid groups (broad SMARTS) is 1. The van der Waals surface area contributed by atoms with Crippen LogP contribution in [0.4, 0.5) is 4.79 Å². The normalized spacial score (nSPS) is 13.6. The average molecular weight is 261 g/mol. The summed E-state index contributed by atoms with van der Waals surface area (Å²) in [4.78, 5) is 33.1. The summed E-state index contributed by atoms with van der Waals surface area (Å²) in [5, 5.41) is 24.6. The first kappa shape index (κ1) is 16.2. The molecular weight excluding hydrogens is 242 g/mol. The highest BCUT2D eigenvalue weighted by Gasteiger charge is 2.24. The van der Waals surface area contributed by atoms with E-state index in [9.17, 15) is 14.4 Å². The molecule has 0 aliphatic heterocycles. The van der Waals surface area contributed by atoms with Gasteiger partial charge in [-0.3, -0.25) is 4.79 Å². The topological polar surface area (TPSA) is 128 Å². The number of aliphatic hydroxyl groups is 1. The highest BCUT2D eigenvalue weighted by molar-refractivity contribution is 5.86. The van der Waals surface area contributed by atoms with Crippen molar-refractivity contribution in [2.75, 3.05) is 6.54 Å². The lowest BCUT2D eigenvalue weighted by Crippen LogP contribution is -2.52. The molecule has 0 saturated carbocycles. The molecule has 0 unspecified atom stereocenters. The van der Waals surface area contributed by atoms with Gasteiger partial charge < -0.3 is 26.2 Å². The summed E-state index contributed by atoms with van der Waals surface area (Å²) in [5.41, 5.74) is 0. The molecule has 0 aromatic rings. The minimum atomic E-state index is -1.42. The van der Waals surface area contributed by atoms with E-state index in [2.05, 4.69) is 10.6 Å². The second-order valence-electron chi connectivity index (χ2n) is 4.11. The van der Waals surface area contributed by atoms with Gasteiger partial charge in [0.1, 0.15) is 0 Å². The third-order valence-corrected chi connectivity index (χ3v) is 1.89. The van der Waals surface area contributed by atoms with Crippen molar-refractivity contribution in [2.45, 2.75) is 39.0 Å². The molecule has 0 heterocycles. The van der Waals surface area contributed by atoms with E-state index in [0.29, 0.717) is 0 Å². The van der Waals surface area contributed by atoms with Gasteiger partial charge >= 0.3 is 12.0 Å². The number of rotatable bonds is 6. The molecular formula is C10H19N3O5. The molecule has 0 saturated heterocycles. The van der Waals surface area contributed by atoms with Crippen molar-refractivity contribution in [3.8, 4) is 0 Å². The summed E-state index contributed by atoms with van der Waals surface area (Å²) in [6.45, 7) is 4.51. The number of nitrogens with one attached hydrogen (secondary N) is 3. The first-order valence-electron chi connectivity index (χ1n) is 5.48. The number of carboxylic acids is 1. The average Bonchev–Trinajstić information content (AvgIpc) is 2.21. The Labute approximate surface area is 105 Å². The van der Waals surface area contributed by atoms with E-state index in [1.165, 1.54) is 6.92 Å². The highest BCUT2D eigenvalue weighted by atomic mass is 16.4. The summed E-state index contributed by atoms with van der Waals surface area (Å²) in [6, 6.07) is -2.30. The molecule has 0 aliphatic rings. The first-order valence-corrected chi connectivity index (χ1v) is 5.48. The number of aliphatic carboxylic acids is 1. The summed E-state index contributed by atoms with van der Waals surface area (Å²) in [5.74, 6) is -1.74. The van der Waals surface area contributed by atoms with E-state index in [0.717, 1.165) is 0 Å². The summed E-state index contributed by atoms with van der Waals surface area (Å²) in [7, 11) is 0. The molecule has 2 atom stereocenters. The Kier molecular flexibility index (Phi) is 6.73. The molecule has 0 radical (unpaired) electrons. The van der Waals surface area contributed by atoms with E-state index >= 15 is 0 Å². The van der Waals surface area contributed by atoms with Crippen LogP contribution in [0.1, 0.15) is 20.8 Å². The standard InChI is InChI=1S/C10H19N3O5/c1-5(2)12-7(15)4-11-10(18)13-8(6(3)14)9(16)17/h5-6,8,14H,4H2,1-3H3,(H,12,15)(H,16,17)(H2,11,13,18)/t6-,8+/m1/s1. The van der Waals surface area contributed by atoms with Crippen LogP contribution in [0.25, 0.3) is 0 Å². The van der Waals surface area contributed by atoms with Gasteiger partial charge in [-0.1, -0.05) is 0 Å². The van der Waals surface area contributed by atoms with Crippen molar-refractivity contribution >= 4 is 17.9 Å². The van der Waals surface area contributed by atoms with Gasteiger partial charge in [-0.2, -0.15) is 0 Å². The molecule has 3 amide bonds. The number of hydrogen-bond acceptors (Lipinski definition) is 4. The molecule has 0 spiro atoms. The SMILES string of the molecule is CC(C)NC(=O)CNC(=O)N[C@H](C(=O)O)[C@@H](C)O. The van der Waals surface area contributed by atoms with Crippen LogP contribution in [-0.2, 0) is 9.59 Å². The predicted octanol–water partition coefficient (Wildman–Crippen LogP) is -1.36. The summed E-state index contributed by atoms with van der Waals surface area (Å²) >= 11 is 0. The Bertz CT molecular complexity index is 317. The van der Waals surface area contributed by atoms with E-state index in [-0.39, 0.29) is 18.5 Å². The van der Waals surface area contributed by atoms with Crippen LogP contribution < -0.4 is 16.0 Å². The molecule has 0 fully saturated rings. The second-order valence-corrected chi connectivity index (χ2v) is 4.11. The molecule has 8 heteroatoms. The molecule has 0 aromatic carbocycles. The quantitative estimate of drug-likeness (QED) is 0.403. The van der Waals surface area contributed by atoms with Crippen molar-refractivity contribution in [3.63, 3.8) is 0 Å². The van der Waals surface area contributed by atoms with E-state index < -0.39 is 24.1 Å². The van der Waals surface area contributed by atoms with Gasteiger partial charge in [-0.05, 0) is 20.8 Å².